The summed E-state index contributed by atoms with van der Waals surface area (Å²) in [6, 6.07) is 2.39. The van der Waals surface area contributed by atoms with E-state index in [1.807, 2.05) is 13.8 Å². The van der Waals surface area contributed by atoms with Crippen molar-refractivity contribution in [2.24, 2.45) is 0 Å². The summed E-state index contributed by atoms with van der Waals surface area (Å²) in [6.07, 6.45) is 1.40. The van der Waals surface area contributed by atoms with Crippen molar-refractivity contribution in [3.8, 4) is 11.5 Å². The van der Waals surface area contributed by atoms with Gasteiger partial charge in [-0.1, -0.05) is 6.92 Å². The normalized spacial score (nSPS) is 11.3. The SMILES string of the molecule is CC[C@H](C)NC(=O)NC(=O)COc1cc(C=O)c(Br)cc1OC. The molecule has 0 unspecified atom stereocenters. The Hall–Kier alpha value is -2.09. The molecule has 2 N–H and O–H groups in total. The Bertz CT molecular complexity index is 591. The number of aldehydes is 1. The third-order valence-corrected chi connectivity index (χ3v) is 3.70. The molecular formula is C15H19BrN2O5. The Morgan fingerprint density at radius 1 is 1.35 bits per heavy atom. The summed E-state index contributed by atoms with van der Waals surface area (Å²) in [4.78, 5) is 34.2. The molecule has 0 saturated heterocycles. The van der Waals surface area contributed by atoms with E-state index in [2.05, 4.69) is 26.6 Å². The highest BCUT2D eigenvalue weighted by Crippen LogP contribution is 2.32. The van der Waals surface area contributed by atoms with Gasteiger partial charge < -0.3 is 14.8 Å². The highest BCUT2D eigenvalue weighted by Gasteiger charge is 2.14. The van der Waals surface area contributed by atoms with E-state index >= 15 is 0 Å². The maximum Gasteiger partial charge on any atom is 0.321 e. The van der Waals surface area contributed by atoms with E-state index in [9.17, 15) is 14.4 Å². The summed E-state index contributed by atoms with van der Waals surface area (Å²) in [5.74, 6) is -0.0157. The number of hydrogen-bond acceptors (Lipinski definition) is 5. The molecule has 0 aliphatic rings. The monoisotopic (exact) mass is 386 g/mol. The zero-order chi connectivity index (χ0) is 17.4. The van der Waals surface area contributed by atoms with Crippen LogP contribution < -0.4 is 20.1 Å². The van der Waals surface area contributed by atoms with Crippen LogP contribution in [0.15, 0.2) is 16.6 Å². The predicted molar refractivity (Wildman–Crippen MR) is 88.0 cm³/mol. The molecule has 1 aromatic rings. The Morgan fingerprint density at radius 2 is 2.04 bits per heavy atom. The summed E-state index contributed by atoms with van der Waals surface area (Å²) < 4.78 is 11.0. The first-order valence-electron chi connectivity index (χ1n) is 6.97. The van der Waals surface area contributed by atoms with E-state index < -0.39 is 11.9 Å². The molecule has 0 fully saturated rings. The van der Waals surface area contributed by atoms with E-state index in [1.54, 1.807) is 6.07 Å². The molecule has 0 radical (unpaired) electrons. The maximum atomic E-state index is 11.7. The van der Waals surface area contributed by atoms with Crippen molar-refractivity contribution in [3.05, 3.63) is 22.2 Å². The van der Waals surface area contributed by atoms with Gasteiger partial charge in [-0.25, -0.2) is 4.79 Å². The average molecular weight is 387 g/mol. The van der Waals surface area contributed by atoms with Gasteiger partial charge >= 0.3 is 6.03 Å². The number of methoxy groups -OCH3 is 1. The predicted octanol–water partition coefficient (Wildman–Crippen LogP) is 2.27. The summed E-state index contributed by atoms with van der Waals surface area (Å²) in [5.41, 5.74) is 0.357. The minimum Gasteiger partial charge on any atom is -0.493 e. The van der Waals surface area contributed by atoms with Crippen molar-refractivity contribution in [1.82, 2.24) is 10.6 Å². The quantitative estimate of drug-likeness (QED) is 0.701. The lowest BCUT2D eigenvalue weighted by molar-refractivity contribution is -0.122. The number of ether oxygens (including phenoxy) is 2. The van der Waals surface area contributed by atoms with Gasteiger partial charge in [0.2, 0.25) is 0 Å². The molecule has 23 heavy (non-hydrogen) atoms. The second-order valence-electron chi connectivity index (χ2n) is 4.76. The molecule has 0 heterocycles. The van der Waals surface area contributed by atoms with Crippen LogP contribution in [0.4, 0.5) is 4.79 Å². The highest BCUT2D eigenvalue weighted by molar-refractivity contribution is 9.10. The number of carbonyl (C=O) groups excluding carboxylic acids is 3. The van der Waals surface area contributed by atoms with Crippen LogP contribution in [-0.4, -0.2) is 38.0 Å². The Kier molecular flexibility index (Phi) is 7.53. The summed E-state index contributed by atoms with van der Waals surface area (Å²) in [6.45, 7) is 3.36. The summed E-state index contributed by atoms with van der Waals surface area (Å²) in [5, 5.41) is 4.76. The second kappa shape index (κ2) is 9.14. The van der Waals surface area contributed by atoms with Crippen LogP contribution in [0.5, 0.6) is 11.5 Å². The number of rotatable bonds is 7. The molecule has 0 bridgehead atoms. The van der Waals surface area contributed by atoms with E-state index in [4.69, 9.17) is 9.47 Å². The van der Waals surface area contributed by atoms with Crippen LogP contribution >= 0.6 is 15.9 Å². The van der Waals surface area contributed by atoms with Crippen molar-refractivity contribution in [1.29, 1.82) is 0 Å². The number of carbonyl (C=O) groups is 3. The Morgan fingerprint density at radius 3 is 2.61 bits per heavy atom. The van der Waals surface area contributed by atoms with Crippen LogP contribution in [-0.2, 0) is 4.79 Å². The zero-order valence-corrected chi connectivity index (χ0v) is 14.7. The van der Waals surface area contributed by atoms with Crippen LogP contribution in [0.1, 0.15) is 30.6 Å². The Balaban J connectivity index is 2.65. The summed E-state index contributed by atoms with van der Waals surface area (Å²) >= 11 is 3.23. The van der Waals surface area contributed by atoms with E-state index in [0.29, 0.717) is 22.1 Å². The van der Waals surface area contributed by atoms with Crippen molar-refractivity contribution >= 4 is 34.2 Å². The largest absolute Gasteiger partial charge is 0.493 e. The molecule has 8 heteroatoms. The standard InChI is InChI=1S/C15H19BrN2O5/c1-4-9(2)17-15(21)18-14(20)8-23-13-5-10(7-19)11(16)6-12(13)22-3/h5-7,9H,4,8H2,1-3H3,(H2,17,18,20,21)/t9-/m0/s1. The molecule has 7 nitrogen and oxygen atoms in total. The fourth-order valence-corrected chi connectivity index (χ4v) is 2.00. The number of benzene rings is 1. The fraction of sp³-hybridized carbons (Fsp3) is 0.400. The number of imide groups is 1. The van der Waals surface area contributed by atoms with Crippen LogP contribution in [0.25, 0.3) is 0 Å². The van der Waals surface area contributed by atoms with Gasteiger partial charge in [0, 0.05) is 16.1 Å². The number of amides is 3. The fourth-order valence-electron chi connectivity index (χ4n) is 1.58. The van der Waals surface area contributed by atoms with E-state index in [0.717, 1.165) is 6.42 Å². The van der Waals surface area contributed by atoms with E-state index in [1.165, 1.54) is 13.2 Å². The molecule has 0 saturated carbocycles. The minimum atomic E-state index is -0.608. The molecule has 126 valence electrons. The molecule has 0 aliphatic carbocycles. The molecule has 0 aromatic heterocycles. The number of hydrogen-bond donors (Lipinski definition) is 2. The van der Waals surface area contributed by atoms with Crippen molar-refractivity contribution in [3.63, 3.8) is 0 Å². The number of nitrogens with one attached hydrogen (secondary N) is 2. The second-order valence-corrected chi connectivity index (χ2v) is 5.62. The summed E-state index contributed by atoms with van der Waals surface area (Å²) in [7, 11) is 1.44. The van der Waals surface area contributed by atoms with Gasteiger partial charge in [0.1, 0.15) is 0 Å². The Labute approximate surface area is 142 Å². The molecule has 1 atom stereocenters. The number of urea groups is 1. The van der Waals surface area contributed by atoms with Crippen LogP contribution in [0.3, 0.4) is 0 Å². The first-order valence-corrected chi connectivity index (χ1v) is 7.76. The third-order valence-electron chi connectivity index (χ3n) is 3.01. The highest BCUT2D eigenvalue weighted by atomic mass is 79.9. The minimum absolute atomic E-state index is 0.0366. The molecular weight excluding hydrogens is 368 g/mol. The van der Waals surface area contributed by atoms with Crippen molar-refractivity contribution < 1.29 is 23.9 Å². The van der Waals surface area contributed by atoms with Gasteiger partial charge in [-0.15, -0.1) is 0 Å². The van der Waals surface area contributed by atoms with Gasteiger partial charge in [-0.2, -0.15) is 0 Å². The van der Waals surface area contributed by atoms with Crippen LogP contribution in [0.2, 0.25) is 0 Å². The van der Waals surface area contributed by atoms with Gasteiger partial charge in [0.25, 0.3) is 5.91 Å². The van der Waals surface area contributed by atoms with Gasteiger partial charge in [0.05, 0.1) is 7.11 Å². The molecule has 0 spiro atoms. The first-order chi connectivity index (χ1) is 10.9. The maximum absolute atomic E-state index is 11.7. The van der Waals surface area contributed by atoms with Crippen molar-refractivity contribution in [2.75, 3.05) is 13.7 Å². The molecule has 1 rings (SSSR count). The van der Waals surface area contributed by atoms with Gasteiger partial charge in [-0.3, -0.25) is 14.9 Å². The lowest BCUT2D eigenvalue weighted by Crippen LogP contribution is -2.44. The average Bonchev–Trinajstić information content (AvgIpc) is 2.52. The van der Waals surface area contributed by atoms with E-state index in [-0.39, 0.29) is 18.4 Å². The zero-order valence-electron chi connectivity index (χ0n) is 13.1. The molecule has 1 aromatic carbocycles. The third kappa shape index (κ3) is 5.90. The number of halogens is 1. The lowest BCUT2D eigenvalue weighted by Gasteiger charge is -2.13. The smallest absolute Gasteiger partial charge is 0.321 e. The van der Waals surface area contributed by atoms with Crippen molar-refractivity contribution in [2.45, 2.75) is 26.3 Å². The topological polar surface area (TPSA) is 93.7 Å². The first kappa shape index (κ1) is 19.0. The lowest BCUT2D eigenvalue weighted by atomic mass is 10.2. The molecule has 0 aliphatic heterocycles. The van der Waals surface area contributed by atoms with Gasteiger partial charge in [0.15, 0.2) is 24.4 Å². The molecule has 3 amide bonds. The van der Waals surface area contributed by atoms with Crippen LogP contribution in [0, 0.1) is 0 Å². The van der Waals surface area contributed by atoms with Gasteiger partial charge in [-0.05, 0) is 41.4 Å².